The van der Waals surface area contributed by atoms with Crippen LogP contribution in [0.4, 0.5) is 17.1 Å². The number of hydrogen-bond donors (Lipinski definition) is 2. The Morgan fingerprint density at radius 1 is 1.57 bits per heavy atom. The Morgan fingerprint density at radius 2 is 2.21 bits per heavy atom. The van der Waals surface area contributed by atoms with Gasteiger partial charge in [0.25, 0.3) is 5.69 Å². The summed E-state index contributed by atoms with van der Waals surface area (Å²) in [6, 6.07) is 2.76. The summed E-state index contributed by atoms with van der Waals surface area (Å²) >= 11 is 0. The smallest absolute Gasteiger partial charge is 0.294 e. The van der Waals surface area contributed by atoms with Gasteiger partial charge in [-0.3, -0.25) is 10.1 Å². The molecule has 1 aromatic carbocycles. The normalized spacial score (nSPS) is 9.57. The van der Waals surface area contributed by atoms with Gasteiger partial charge in [0.15, 0.2) is 0 Å². The van der Waals surface area contributed by atoms with Crippen molar-refractivity contribution >= 4 is 17.1 Å². The van der Waals surface area contributed by atoms with Crippen molar-refractivity contribution < 1.29 is 9.66 Å². The summed E-state index contributed by atoms with van der Waals surface area (Å²) in [5.41, 5.74) is 6.10. The fourth-order valence-electron chi connectivity index (χ4n) is 1.11. The Balaban J connectivity index is 3.31. The maximum atomic E-state index is 10.6. The van der Waals surface area contributed by atoms with Gasteiger partial charge in [-0.25, -0.2) is 0 Å². The van der Waals surface area contributed by atoms with Crippen LogP contribution in [0.2, 0.25) is 0 Å². The van der Waals surface area contributed by atoms with Crippen LogP contribution in [0, 0.1) is 10.1 Å². The van der Waals surface area contributed by atoms with Crippen LogP contribution in [0.3, 0.4) is 0 Å². The summed E-state index contributed by atoms with van der Waals surface area (Å²) in [7, 11) is 3.05. The molecule has 0 saturated heterocycles. The van der Waals surface area contributed by atoms with E-state index in [1.165, 1.54) is 19.2 Å². The predicted molar refractivity (Wildman–Crippen MR) is 53.6 cm³/mol. The predicted octanol–water partition coefficient (Wildman–Crippen LogP) is 1.23. The molecular formula is C8H11N3O3. The molecule has 1 rings (SSSR count). The van der Waals surface area contributed by atoms with Crippen LogP contribution >= 0.6 is 0 Å². The average Bonchev–Trinajstić information content (AvgIpc) is 2.17. The zero-order chi connectivity index (χ0) is 10.7. The van der Waals surface area contributed by atoms with Crippen LogP contribution in [0.25, 0.3) is 0 Å². The third-order valence-electron chi connectivity index (χ3n) is 1.81. The number of nitrogens with two attached hydrogens (primary N) is 1. The lowest BCUT2D eigenvalue weighted by Gasteiger charge is -2.07. The number of hydrogen-bond acceptors (Lipinski definition) is 5. The first-order chi connectivity index (χ1) is 6.60. The van der Waals surface area contributed by atoms with Crippen molar-refractivity contribution in [1.82, 2.24) is 0 Å². The van der Waals surface area contributed by atoms with Crippen molar-refractivity contribution in [2.24, 2.45) is 0 Å². The number of nitro benzene ring substituents is 1. The maximum Gasteiger partial charge on any atom is 0.294 e. The van der Waals surface area contributed by atoms with Crippen molar-refractivity contribution in [3.8, 4) is 5.75 Å². The highest BCUT2D eigenvalue weighted by Crippen LogP contribution is 2.33. The number of benzene rings is 1. The van der Waals surface area contributed by atoms with Crippen molar-refractivity contribution in [3.05, 3.63) is 22.2 Å². The number of ether oxygens (including phenoxy) is 1. The molecule has 0 saturated carbocycles. The second-order valence-corrected chi connectivity index (χ2v) is 2.62. The third kappa shape index (κ3) is 1.68. The molecule has 0 spiro atoms. The van der Waals surface area contributed by atoms with E-state index in [0.717, 1.165) is 0 Å². The van der Waals surface area contributed by atoms with Crippen molar-refractivity contribution in [3.63, 3.8) is 0 Å². The number of nitro groups is 1. The minimum atomic E-state index is -0.498. The van der Waals surface area contributed by atoms with E-state index < -0.39 is 4.92 Å². The molecule has 0 atom stereocenters. The summed E-state index contributed by atoms with van der Waals surface area (Å²) in [5, 5.41) is 13.3. The lowest BCUT2D eigenvalue weighted by Crippen LogP contribution is -2.00. The lowest BCUT2D eigenvalue weighted by molar-refractivity contribution is -0.383. The lowest BCUT2D eigenvalue weighted by atomic mass is 10.2. The van der Waals surface area contributed by atoms with Gasteiger partial charge in [-0.1, -0.05) is 0 Å². The summed E-state index contributed by atoms with van der Waals surface area (Å²) in [4.78, 5) is 10.1. The summed E-state index contributed by atoms with van der Waals surface area (Å²) in [6.07, 6.45) is 0. The Hall–Kier alpha value is -1.98. The first kappa shape index (κ1) is 10.1. The molecule has 14 heavy (non-hydrogen) atoms. The molecule has 0 aliphatic heterocycles. The number of methoxy groups -OCH3 is 1. The molecule has 0 amide bonds. The fourth-order valence-corrected chi connectivity index (χ4v) is 1.11. The molecule has 6 heteroatoms. The van der Waals surface area contributed by atoms with Crippen LogP contribution in [0.1, 0.15) is 0 Å². The first-order valence-corrected chi connectivity index (χ1v) is 3.89. The number of anilines is 2. The molecule has 1 aromatic rings. The Morgan fingerprint density at radius 3 is 2.64 bits per heavy atom. The molecule has 0 radical (unpaired) electrons. The summed E-state index contributed by atoms with van der Waals surface area (Å²) in [6.45, 7) is 0. The molecule has 0 heterocycles. The van der Waals surface area contributed by atoms with E-state index in [0.29, 0.717) is 11.4 Å². The van der Waals surface area contributed by atoms with E-state index >= 15 is 0 Å². The van der Waals surface area contributed by atoms with Crippen molar-refractivity contribution in [2.45, 2.75) is 0 Å². The molecule has 3 N–H and O–H groups in total. The second-order valence-electron chi connectivity index (χ2n) is 2.62. The quantitative estimate of drug-likeness (QED) is 0.432. The van der Waals surface area contributed by atoms with Crippen LogP contribution < -0.4 is 15.8 Å². The highest BCUT2D eigenvalue weighted by atomic mass is 16.6. The minimum absolute atomic E-state index is 0.0641. The third-order valence-corrected chi connectivity index (χ3v) is 1.81. The fraction of sp³-hybridized carbons (Fsp3) is 0.250. The highest BCUT2D eigenvalue weighted by Gasteiger charge is 2.16. The number of nitrogens with one attached hydrogen (secondary N) is 1. The zero-order valence-electron chi connectivity index (χ0n) is 7.90. The van der Waals surface area contributed by atoms with Gasteiger partial charge in [0.2, 0.25) is 0 Å². The van der Waals surface area contributed by atoms with Gasteiger partial charge >= 0.3 is 0 Å². The van der Waals surface area contributed by atoms with E-state index in [-0.39, 0.29) is 11.4 Å². The number of nitrogens with zero attached hydrogens (tertiary/aromatic N) is 1. The summed E-state index contributed by atoms with van der Waals surface area (Å²) < 4.78 is 4.93. The first-order valence-electron chi connectivity index (χ1n) is 3.89. The molecule has 0 fully saturated rings. The van der Waals surface area contributed by atoms with Crippen LogP contribution in [-0.4, -0.2) is 19.1 Å². The van der Waals surface area contributed by atoms with Crippen LogP contribution in [0.15, 0.2) is 12.1 Å². The van der Waals surface area contributed by atoms with Gasteiger partial charge in [-0.05, 0) is 0 Å². The molecule has 76 valence electrons. The Bertz CT molecular complexity index is 365. The van der Waals surface area contributed by atoms with E-state index in [4.69, 9.17) is 10.5 Å². The van der Waals surface area contributed by atoms with E-state index in [1.807, 2.05) is 0 Å². The van der Waals surface area contributed by atoms with Gasteiger partial charge in [0.05, 0.1) is 17.7 Å². The van der Waals surface area contributed by atoms with Gasteiger partial charge in [0.1, 0.15) is 11.4 Å². The molecule has 0 bridgehead atoms. The van der Waals surface area contributed by atoms with E-state index in [2.05, 4.69) is 5.32 Å². The summed E-state index contributed by atoms with van der Waals surface area (Å²) in [5.74, 6) is 0.417. The standard InChI is InChI=1S/C8H11N3O3/c1-10-6-4-8(14-2)5(9)3-7(6)11(12)13/h3-4,10H,9H2,1-2H3. The molecular weight excluding hydrogens is 186 g/mol. The Kier molecular flexibility index (Phi) is 2.76. The topological polar surface area (TPSA) is 90.4 Å². The monoisotopic (exact) mass is 197 g/mol. The molecule has 0 aliphatic rings. The van der Waals surface area contributed by atoms with E-state index in [1.54, 1.807) is 7.05 Å². The SMILES string of the molecule is CNc1cc(OC)c(N)cc1[N+](=O)[O-]. The highest BCUT2D eigenvalue weighted by molar-refractivity contribution is 5.72. The van der Waals surface area contributed by atoms with Crippen LogP contribution in [0.5, 0.6) is 5.75 Å². The van der Waals surface area contributed by atoms with Crippen molar-refractivity contribution in [2.75, 3.05) is 25.2 Å². The van der Waals surface area contributed by atoms with Gasteiger partial charge in [-0.2, -0.15) is 0 Å². The van der Waals surface area contributed by atoms with Gasteiger partial charge in [0, 0.05) is 19.2 Å². The van der Waals surface area contributed by atoms with Crippen LogP contribution in [-0.2, 0) is 0 Å². The zero-order valence-corrected chi connectivity index (χ0v) is 7.90. The van der Waals surface area contributed by atoms with E-state index in [9.17, 15) is 10.1 Å². The number of rotatable bonds is 3. The Labute approximate surface area is 80.8 Å². The van der Waals surface area contributed by atoms with Gasteiger partial charge in [-0.15, -0.1) is 0 Å². The molecule has 0 aliphatic carbocycles. The van der Waals surface area contributed by atoms with Gasteiger partial charge < -0.3 is 15.8 Å². The largest absolute Gasteiger partial charge is 0.495 e. The maximum absolute atomic E-state index is 10.6. The number of nitrogen functional groups attached to an aromatic ring is 1. The second kappa shape index (κ2) is 3.82. The molecule has 6 nitrogen and oxygen atoms in total. The molecule has 0 aromatic heterocycles. The van der Waals surface area contributed by atoms with Crippen molar-refractivity contribution in [1.29, 1.82) is 0 Å². The molecule has 0 unspecified atom stereocenters. The minimum Gasteiger partial charge on any atom is -0.495 e. The average molecular weight is 197 g/mol.